The van der Waals surface area contributed by atoms with Crippen LogP contribution in [0.5, 0.6) is 0 Å². The standard InChI is InChI=1S/C21H26N2O.C2H6/c22-19-8-4-7-17-13-21(24)20(14-18(17)19)23-11-9-16(10-12-23)15-5-2-1-3-6-15;1-2/h1-8,16,20-21,24H,9-14,22H2;1-2H3. The molecule has 3 heteroatoms. The van der Waals surface area contributed by atoms with Gasteiger partial charge >= 0.3 is 0 Å². The van der Waals surface area contributed by atoms with E-state index in [1.807, 2.05) is 26.0 Å². The van der Waals surface area contributed by atoms with Gasteiger partial charge in [0.25, 0.3) is 0 Å². The molecule has 2 unspecified atom stereocenters. The number of piperidine rings is 1. The summed E-state index contributed by atoms with van der Waals surface area (Å²) >= 11 is 0. The fourth-order valence-electron chi connectivity index (χ4n) is 4.46. The molecule has 0 spiro atoms. The highest BCUT2D eigenvalue weighted by atomic mass is 16.3. The number of nitrogens with two attached hydrogens (primary N) is 1. The molecule has 4 rings (SSSR count). The van der Waals surface area contributed by atoms with Crippen LogP contribution in [0.25, 0.3) is 0 Å². The fraction of sp³-hybridized carbons (Fsp3) is 0.478. The number of hydrogen-bond donors (Lipinski definition) is 2. The molecular formula is C23H32N2O. The molecule has 1 saturated heterocycles. The number of aliphatic hydroxyl groups excluding tert-OH is 1. The van der Waals surface area contributed by atoms with Gasteiger partial charge in [0, 0.05) is 18.2 Å². The first kappa shape index (κ1) is 18.9. The van der Waals surface area contributed by atoms with Crippen LogP contribution in [-0.2, 0) is 12.8 Å². The lowest BCUT2D eigenvalue weighted by Crippen LogP contribution is -2.51. The maximum absolute atomic E-state index is 10.7. The van der Waals surface area contributed by atoms with E-state index >= 15 is 0 Å². The van der Waals surface area contributed by atoms with E-state index in [1.165, 1.54) is 29.5 Å². The zero-order chi connectivity index (χ0) is 18.5. The molecule has 140 valence electrons. The average molecular weight is 353 g/mol. The minimum atomic E-state index is -0.285. The van der Waals surface area contributed by atoms with Gasteiger partial charge in [0.2, 0.25) is 0 Å². The van der Waals surface area contributed by atoms with Gasteiger partial charge in [-0.1, -0.05) is 56.3 Å². The number of hydrogen-bond acceptors (Lipinski definition) is 3. The summed E-state index contributed by atoms with van der Waals surface area (Å²) in [7, 11) is 0. The fourth-order valence-corrected chi connectivity index (χ4v) is 4.46. The van der Waals surface area contributed by atoms with Crippen molar-refractivity contribution >= 4 is 5.69 Å². The summed E-state index contributed by atoms with van der Waals surface area (Å²) in [5, 5.41) is 10.7. The van der Waals surface area contributed by atoms with E-state index in [1.54, 1.807) is 0 Å². The van der Waals surface area contributed by atoms with Crippen molar-refractivity contribution in [3.63, 3.8) is 0 Å². The molecule has 3 N–H and O–H groups in total. The summed E-state index contributed by atoms with van der Waals surface area (Å²) in [6.45, 7) is 6.12. The van der Waals surface area contributed by atoms with Gasteiger partial charge in [-0.15, -0.1) is 0 Å². The highest BCUT2D eigenvalue weighted by Crippen LogP contribution is 2.33. The zero-order valence-electron chi connectivity index (χ0n) is 16.1. The van der Waals surface area contributed by atoms with Gasteiger partial charge in [-0.2, -0.15) is 0 Å². The lowest BCUT2D eigenvalue weighted by molar-refractivity contribution is 0.0296. The summed E-state index contributed by atoms with van der Waals surface area (Å²) < 4.78 is 0. The van der Waals surface area contributed by atoms with Crippen LogP contribution in [0.1, 0.15) is 49.3 Å². The Kier molecular flexibility index (Phi) is 6.33. The zero-order valence-corrected chi connectivity index (χ0v) is 16.1. The summed E-state index contributed by atoms with van der Waals surface area (Å²) in [5.74, 6) is 0.653. The van der Waals surface area contributed by atoms with Gasteiger partial charge in [0.15, 0.2) is 0 Å². The Hall–Kier alpha value is -1.84. The Balaban J connectivity index is 0.000000948. The Morgan fingerprint density at radius 1 is 0.923 bits per heavy atom. The third-order valence-electron chi connectivity index (χ3n) is 5.87. The highest BCUT2D eigenvalue weighted by molar-refractivity contribution is 5.52. The van der Waals surface area contributed by atoms with E-state index in [4.69, 9.17) is 5.73 Å². The second kappa shape index (κ2) is 8.70. The van der Waals surface area contributed by atoms with E-state index < -0.39 is 0 Å². The highest BCUT2D eigenvalue weighted by Gasteiger charge is 2.34. The number of nitrogens with zero attached hydrogens (tertiary/aromatic N) is 1. The minimum absolute atomic E-state index is 0.207. The number of nitrogen functional groups attached to an aromatic ring is 1. The molecule has 2 atom stereocenters. The molecule has 1 aliphatic heterocycles. The number of anilines is 1. The van der Waals surface area contributed by atoms with Crippen LogP contribution in [-0.4, -0.2) is 35.2 Å². The van der Waals surface area contributed by atoms with Gasteiger partial charge in [-0.05, 0) is 61.0 Å². The van der Waals surface area contributed by atoms with Crippen LogP contribution < -0.4 is 5.73 Å². The van der Waals surface area contributed by atoms with Crippen molar-refractivity contribution in [2.75, 3.05) is 18.8 Å². The monoisotopic (exact) mass is 352 g/mol. The quantitative estimate of drug-likeness (QED) is 0.803. The molecule has 0 amide bonds. The molecule has 3 nitrogen and oxygen atoms in total. The van der Waals surface area contributed by atoms with Gasteiger partial charge in [-0.25, -0.2) is 0 Å². The Morgan fingerprint density at radius 2 is 1.62 bits per heavy atom. The van der Waals surface area contributed by atoms with E-state index in [2.05, 4.69) is 41.3 Å². The third-order valence-corrected chi connectivity index (χ3v) is 5.87. The van der Waals surface area contributed by atoms with Crippen molar-refractivity contribution < 1.29 is 5.11 Å². The smallest absolute Gasteiger partial charge is 0.0739 e. The summed E-state index contributed by atoms with van der Waals surface area (Å²) in [6.07, 6.45) is 3.66. The topological polar surface area (TPSA) is 49.5 Å². The lowest BCUT2D eigenvalue weighted by atomic mass is 9.82. The molecule has 26 heavy (non-hydrogen) atoms. The Labute approximate surface area is 157 Å². The molecule has 0 bridgehead atoms. The SMILES string of the molecule is CC.Nc1cccc2c1CC(N1CCC(c3ccccc3)CC1)C(O)C2. The number of rotatable bonds is 2. The molecule has 0 saturated carbocycles. The van der Waals surface area contributed by atoms with Crippen molar-refractivity contribution in [2.45, 2.75) is 57.6 Å². The van der Waals surface area contributed by atoms with Crippen LogP contribution in [0.3, 0.4) is 0 Å². The first-order chi connectivity index (χ1) is 12.7. The number of aliphatic hydroxyl groups is 1. The lowest BCUT2D eigenvalue weighted by Gasteiger charge is -2.42. The van der Waals surface area contributed by atoms with Crippen molar-refractivity contribution in [1.82, 2.24) is 4.90 Å². The summed E-state index contributed by atoms with van der Waals surface area (Å²) in [4.78, 5) is 2.49. The summed E-state index contributed by atoms with van der Waals surface area (Å²) in [6, 6.07) is 17.1. The van der Waals surface area contributed by atoms with Crippen LogP contribution in [0.15, 0.2) is 48.5 Å². The molecule has 2 aromatic rings. The van der Waals surface area contributed by atoms with Crippen LogP contribution in [0.4, 0.5) is 5.69 Å². The first-order valence-electron chi connectivity index (χ1n) is 10.1. The molecule has 2 aromatic carbocycles. The third kappa shape index (κ3) is 3.94. The minimum Gasteiger partial charge on any atom is -0.398 e. The van der Waals surface area contributed by atoms with Crippen LogP contribution >= 0.6 is 0 Å². The van der Waals surface area contributed by atoms with E-state index in [0.29, 0.717) is 5.92 Å². The van der Waals surface area contributed by atoms with Gasteiger partial charge < -0.3 is 10.8 Å². The Morgan fingerprint density at radius 3 is 2.31 bits per heavy atom. The second-order valence-corrected chi connectivity index (χ2v) is 7.25. The molecular weight excluding hydrogens is 320 g/mol. The average Bonchev–Trinajstić information content (AvgIpc) is 2.70. The number of fused-ring (bicyclic) bond motifs is 1. The maximum atomic E-state index is 10.7. The first-order valence-corrected chi connectivity index (χ1v) is 10.1. The van der Waals surface area contributed by atoms with Gasteiger partial charge in [0.05, 0.1) is 6.10 Å². The van der Waals surface area contributed by atoms with Crippen molar-refractivity contribution in [3.05, 3.63) is 65.2 Å². The van der Waals surface area contributed by atoms with Crippen LogP contribution in [0.2, 0.25) is 0 Å². The van der Waals surface area contributed by atoms with Gasteiger partial charge in [-0.3, -0.25) is 4.90 Å². The van der Waals surface area contributed by atoms with Crippen molar-refractivity contribution in [3.8, 4) is 0 Å². The van der Waals surface area contributed by atoms with E-state index in [9.17, 15) is 5.11 Å². The largest absolute Gasteiger partial charge is 0.398 e. The molecule has 0 radical (unpaired) electrons. The normalized spacial score (nSPS) is 23.7. The van der Waals surface area contributed by atoms with E-state index in [0.717, 1.165) is 31.6 Å². The number of likely N-dealkylation sites (tertiary alicyclic amines) is 1. The maximum Gasteiger partial charge on any atom is 0.0739 e. The summed E-state index contributed by atoms with van der Waals surface area (Å²) in [5.41, 5.74) is 11.0. The molecule has 0 aromatic heterocycles. The van der Waals surface area contributed by atoms with Crippen LogP contribution in [0, 0.1) is 0 Å². The predicted molar refractivity (Wildman–Crippen MR) is 109 cm³/mol. The van der Waals surface area contributed by atoms with Crippen molar-refractivity contribution in [2.24, 2.45) is 0 Å². The Bertz CT molecular complexity index is 693. The van der Waals surface area contributed by atoms with E-state index in [-0.39, 0.29) is 12.1 Å². The molecule has 1 heterocycles. The predicted octanol–water partition coefficient (Wildman–Crippen LogP) is 4.00. The van der Waals surface area contributed by atoms with Crippen molar-refractivity contribution in [1.29, 1.82) is 0 Å². The molecule has 1 fully saturated rings. The second-order valence-electron chi connectivity index (χ2n) is 7.25. The van der Waals surface area contributed by atoms with Gasteiger partial charge in [0.1, 0.15) is 0 Å². The molecule has 1 aliphatic carbocycles. The molecule has 2 aliphatic rings. The number of benzene rings is 2.